The van der Waals surface area contributed by atoms with E-state index in [4.69, 9.17) is 10.5 Å². The van der Waals surface area contributed by atoms with Crippen molar-refractivity contribution in [1.29, 1.82) is 0 Å². The van der Waals surface area contributed by atoms with Crippen molar-refractivity contribution in [2.45, 2.75) is 52.0 Å². The maximum Gasteiger partial charge on any atom is 0.354 e. The minimum absolute atomic E-state index is 0.289. The number of methoxy groups -OCH3 is 1. The van der Waals surface area contributed by atoms with Gasteiger partial charge in [-0.3, -0.25) is 0 Å². The summed E-state index contributed by atoms with van der Waals surface area (Å²) >= 11 is 0. The molecule has 0 spiro atoms. The Hall–Kier alpha value is -2.23. The number of nitrogen functional groups attached to an aromatic ring is 1. The number of nitrogens with zero attached hydrogens (tertiary/aromatic N) is 1. The number of benzene rings is 1. The first-order valence-electron chi connectivity index (χ1n) is 8.80. The third kappa shape index (κ3) is 4.88. The molecule has 0 saturated heterocycles. The Bertz CT molecular complexity index is 644. The molecule has 0 saturated carbocycles. The Balaban J connectivity index is 2.07. The molecule has 1 aromatic heterocycles. The molecule has 0 amide bonds. The van der Waals surface area contributed by atoms with Crippen LogP contribution < -0.4 is 5.73 Å². The topological polar surface area (TPSA) is 57.2 Å². The maximum absolute atomic E-state index is 12.0. The van der Waals surface area contributed by atoms with E-state index >= 15 is 0 Å². The summed E-state index contributed by atoms with van der Waals surface area (Å²) in [6.45, 7) is 3.06. The minimum Gasteiger partial charge on any atom is -0.464 e. The normalized spacial score (nSPS) is 10.8. The molecule has 0 unspecified atom stereocenters. The van der Waals surface area contributed by atoms with Crippen molar-refractivity contribution < 1.29 is 9.53 Å². The lowest BCUT2D eigenvalue weighted by molar-refractivity contribution is 0.0588. The molecule has 0 atom stereocenters. The molecule has 0 bridgehead atoms. The second-order valence-corrected chi connectivity index (χ2v) is 6.19. The van der Waals surface area contributed by atoms with Gasteiger partial charge in [0.15, 0.2) is 0 Å². The molecule has 0 fully saturated rings. The molecule has 1 heterocycles. The van der Waals surface area contributed by atoms with Crippen LogP contribution >= 0.6 is 0 Å². The monoisotopic (exact) mass is 328 g/mol. The molecular weight excluding hydrogens is 300 g/mol. The SMILES string of the molecule is CCCCCCCCn1cc(-c2ccc(N)cc2)cc1C(=O)OC. The van der Waals surface area contributed by atoms with Crippen LogP contribution in [0.1, 0.15) is 55.9 Å². The zero-order valence-corrected chi connectivity index (χ0v) is 14.8. The van der Waals surface area contributed by atoms with Crippen molar-refractivity contribution >= 4 is 11.7 Å². The van der Waals surface area contributed by atoms with Gasteiger partial charge in [-0.2, -0.15) is 0 Å². The number of ether oxygens (including phenoxy) is 1. The lowest BCUT2D eigenvalue weighted by Gasteiger charge is -2.07. The molecule has 0 aliphatic rings. The number of aryl methyl sites for hydroxylation is 1. The van der Waals surface area contributed by atoms with Gasteiger partial charge in [0.1, 0.15) is 5.69 Å². The van der Waals surface area contributed by atoms with E-state index < -0.39 is 0 Å². The van der Waals surface area contributed by atoms with Gasteiger partial charge in [-0.15, -0.1) is 0 Å². The summed E-state index contributed by atoms with van der Waals surface area (Å²) in [5.41, 5.74) is 9.16. The second-order valence-electron chi connectivity index (χ2n) is 6.19. The summed E-state index contributed by atoms with van der Waals surface area (Å²) in [6, 6.07) is 9.59. The Kier molecular flexibility index (Phi) is 6.91. The van der Waals surface area contributed by atoms with Crippen LogP contribution in [-0.4, -0.2) is 17.6 Å². The highest BCUT2D eigenvalue weighted by molar-refractivity contribution is 5.89. The van der Waals surface area contributed by atoms with Gasteiger partial charge in [-0.1, -0.05) is 51.2 Å². The third-order valence-corrected chi connectivity index (χ3v) is 4.29. The van der Waals surface area contributed by atoms with Crippen LogP contribution in [0.3, 0.4) is 0 Å². The highest BCUT2D eigenvalue weighted by Gasteiger charge is 2.14. The molecule has 2 aromatic rings. The number of rotatable bonds is 9. The lowest BCUT2D eigenvalue weighted by atomic mass is 10.1. The summed E-state index contributed by atoms with van der Waals surface area (Å²) < 4.78 is 6.94. The van der Waals surface area contributed by atoms with E-state index in [0.29, 0.717) is 5.69 Å². The average molecular weight is 328 g/mol. The Morgan fingerprint density at radius 3 is 2.38 bits per heavy atom. The number of hydrogen-bond acceptors (Lipinski definition) is 3. The van der Waals surface area contributed by atoms with Crippen molar-refractivity contribution in [1.82, 2.24) is 4.57 Å². The van der Waals surface area contributed by atoms with Gasteiger partial charge >= 0.3 is 5.97 Å². The van der Waals surface area contributed by atoms with Crippen LogP contribution in [0.15, 0.2) is 36.5 Å². The number of anilines is 1. The smallest absolute Gasteiger partial charge is 0.354 e. The molecular formula is C20H28N2O2. The highest BCUT2D eigenvalue weighted by atomic mass is 16.5. The lowest BCUT2D eigenvalue weighted by Crippen LogP contribution is -2.10. The number of hydrogen-bond donors (Lipinski definition) is 1. The van der Waals surface area contributed by atoms with E-state index in [-0.39, 0.29) is 5.97 Å². The zero-order valence-electron chi connectivity index (χ0n) is 14.8. The van der Waals surface area contributed by atoms with Gasteiger partial charge < -0.3 is 15.0 Å². The standard InChI is InChI=1S/C20H28N2O2/c1-3-4-5-6-7-8-13-22-15-17(14-19(22)20(23)24-2)16-9-11-18(21)12-10-16/h9-12,14-15H,3-8,13,21H2,1-2H3. The van der Waals surface area contributed by atoms with Crippen LogP contribution in [-0.2, 0) is 11.3 Å². The largest absolute Gasteiger partial charge is 0.464 e. The van der Waals surface area contributed by atoms with Crippen molar-refractivity contribution in [2.24, 2.45) is 0 Å². The first-order valence-corrected chi connectivity index (χ1v) is 8.80. The van der Waals surface area contributed by atoms with Gasteiger partial charge in [0.25, 0.3) is 0 Å². The average Bonchev–Trinajstić information content (AvgIpc) is 3.02. The zero-order chi connectivity index (χ0) is 17.4. The molecule has 24 heavy (non-hydrogen) atoms. The molecule has 4 heteroatoms. The Morgan fingerprint density at radius 2 is 1.71 bits per heavy atom. The second kappa shape index (κ2) is 9.16. The predicted octanol–water partition coefficient (Wildman–Crippen LogP) is 4.88. The molecule has 2 N–H and O–H groups in total. The summed E-state index contributed by atoms with van der Waals surface area (Å²) in [5.74, 6) is -0.289. The van der Waals surface area contributed by atoms with E-state index in [1.165, 1.54) is 39.2 Å². The highest BCUT2D eigenvalue weighted by Crippen LogP contribution is 2.24. The fourth-order valence-corrected chi connectivity index (χ4v) is 2.87. The molecule has 0 radical (unpaired) electrons. The number of aromatic nitrogens is 1. The van der Waals surface area contributed by atoms with E-state index in [1.54, 1.807) is 0 Å². The number of carbonyl (C=O) groups is 1. The Morgan fingerprint density at radius 1 is 1.04 bits per heavy atom. The molecule has 2 rings (SSSR count). The molecule has 130 valence electrons. The number of esters is 1. The van der Waals surface area contributed by atoms with E-state index in [9.17, 15) is 4.79 Å². The third-order valence-electron chi connectivity index (χ3n) is 4.29. The number of carbonyl (C=O) groups excluding carboxylic acids is 1. The van der Waals surface area contributed by atoms with Crippen molar-refractivity contribution in [3.63, 3.8) is 0 Å². The van der Waals surface area contributed by atoms with Gasteiger partial charge in [0.2, 0.25) is 0 Å². The Labute approximate surface area is 144 Å². The summed E-state index contributed by atoms with van der Waals surface area (Å²) in [6.07, 6.45) is 9.41. The van der Waals surface area contributed by atoms with Gasteiger partial charge in [0.05, 0.1) is 7.11 Å². The van der Waals surface area contributed by atoms with Crippen LogP contribution in [0.2, 0.25) is 0 Å². The molecule has 4 nitrogen and oxygen atoms in total. The van der Waals surface area contributed by atoms with Crippen LogP contribution in [0.4, 0.5) is 5.69 Å². The van der Waals surface area contributed by atoms with Crippen LogP contribution in [0.25, 0.3) is 11.1 Å². The van der Waals surface area contributed by atoms with Crippen LogP contribution in [0.5, 0.6) is 0 Å². The van der Waals surface area contributed by atoms with E-state index in [2.05, 4.69) is 6.92 Å². The quantitative estimate of drug-likeness (QED) is 0.405. The van der Waals surface area contributed by atoms with Crippen LogP contribution in [0, 0.1) is 0 Å². The molecule has 0 aliphatic heterocycles. The van der Waals surface area contributed by atoms with Gasteiger partial charge in [0, 0.05) is 24.0 Å². The minimum atomic E-state index is -0.289. The van der Waals surface area contributed by atoms with Gasteiger partial charge in [-0.25, -0.2) is 4.79 Å². The first-order chi connectivity index (χ1) is 11.7. The maximum atomic E-state index is 12.0. The van der Waals surface area contributed by atoms with Crippen molar-refractivity contribution in [3.05, 3.63) is 42.2 Å². The van der Waals surface area contributed by atoms with Crippen molar-refractivity contribution in [2.75, 3.05) is 12.8 Å². The van der Waals surface area contributed by atoms with E-state index in [0.717, 1.165) is 29.8 Å². The first kappa shape index (κ1) is 18.1. The summed E-state index contributed by atoms with van der Waals surface area (Å²) in [7, 11) is 1.42. The molecule has 1 aromatic carbocycles. The fourth-order valence-electron chi connectivity index (χ4n) is 2.87. The summed E-state index contributed by atoms with van der Waals surface area (Å²) in [5, 5.41) is 0. The number of nitrogens with two attached hydrogens (primary N) is 1. The predicted molar refractivity (Wildman–Crippen MR) is 99.0 cm³/mol. The number of unbranched alkanes of at least 4 members (excludes halogenated alkanes) is 5. The fraction of sp³-hybridized carbons (Fsp3) is 0.450. The summed E-state index contributed by atoms with van der Waals surface area (Å²) in [4.78, 5) is 12.0. The molecule has 0 aliphatic carbocycles. The van der Waals surface area contributed by atoms with E-state index in [1.807, 2.05) is 41.1 Å². The van der Waals surface area contributed by atoms with Crippen molar-refractivity contribution in [3.8, 4) is 11.1 Å². The van der Waals surface area contributed by atoms with Gasteiger partial charge in [-0.05, 0) is 30.2 Å².